The Morgan fingerprint density at radius 1 is 1.22 bits per heavy atom. The second kappa shape index (κ2) is 6.66. The third kappa shape index (κ3) is 3.85. The van der Waals surface area contributed by atoms with Crippen molar-refractivity contribution in [2.45, 2.75) is 65.5 Å². The molecular formula is C23H31N3O. The highest BCUT2D eigenvalue weighted by Crippen LogP contribution is 2.32. The van der Waals surface area contributed by atoms with Gasteiger partial charge >= 0.3 is 0 Å². The van der Waals surface area contributed by atoms with E-state index >= 15 is 0 Å². The summed E-state index contributed by atoms with van der Waals surface area (Å²) < 4.78 is 7.98. The molecule has 0 aliphatic carbocycles. The maximum Gasteiger partial charge on any atom is 0.216 e. The first kappa shape index (κ1) is 19.4. The quantitative estimate of drug-likeness (QED) is 0.705. The smallest absolute Gasteiger partial charge is 0.216 e. The summed E-state index contributed by atoms with van der Waals surface area (Å²) >= 11 is 0. The average molecular weight is 366 g/mol. The zero-order valence-electron chi connectivity index (χ0n) is 17.6. The summed E-state index contributed by atoms with van der Waals surface area (Å²) in [6.07, 6.45) is 1.88. The number of hydrogen-bond acceptors (Lipinski definition) is 3. The second-order valence-corrected chi connectivity index (χ2v) is 9.22. The number of nitrogens with zero attached hydrogens (tertiary/aromatic N) is 3. The molecule has 1 aliphatic heterocycles. The van der Waals surface area contributed by atoms with Crippen LogP contribution in [0.2, 0.25) is 0 Å². The first-order chi connectivity index (χ1) is 12.5. The van der Waals surface area contributed by atoms with Crippen LogP contribution in [-0.4, -0.2) is 27.8 Å². The number of aliphatic imine (C=N–C) groups is 1. The summed E-state index contributed by atoms with van der Waals surface area (Å²) in [4.78, 5) is 4.71. The van der Waals surface area contributed by atoms with Crippen LogP contribution in [0.15, 0.2) is 35.8 Å². The predicted octanol–water partition coefficient (Wildman–Crippen LogP) is 5.63. The molecule has 0 saturated carbocycles. The topological polar surface area (TPSA) is 39.4 Å². The van der Waals surface area contributed by atoms with E-state index in [1.807, 2.05) is 12.1 Å². The number of hydrogen-bond donors (Lipinski definition) is 0. The van der Waals surface area contributed by atoms with Crippen molar-refractivity contribution in [2.75, 3.05) is 6.61 Å². The molecule has 0 spiro atoms. The van der Waals surface area contributed by atoms with Crippen molar-refractivity contribution in [2.24, 2.45) is 4.99 Å². The minimum Gasteiger partial charge on any atom is -0.475 e. The number of aromatic nitrogens is 2. The van der Waals surface area contributed by atoms with Gasteiger partial charge in [-0.3, -0.25) is 4.68 Å². The lowest BCUT2D eigenvalue weighted by molar-refractivity contribution is 0.279. The molecule has 27 heavy (non-hydrogen) atoms. The molecule has 0 N–H and O–H groups in total. The molecule has 2 heterocycles. The van der Waals surface area contributed by atoms with Crippen molar-refractivity contribution in [1.82, 2.24) is 9.78 Å². The number of benzene rings is 1. The lowest BCUT2D eigenvalue weighted by atomic mass is 9.99. The highest BCUT2D eigenvalue weighted by atomic mass is 16.5. The predicted molar refractivity (Wildman–Crippen MR) is 113 cm³/mol. The Kier molecular flexibility index (Phi) is 4.79. The highest BCUT2D eigenvalue weighted by Gasteiger charge is 2.28. The van der Waals surface area contributed by atoms with E-state index in [-0.39, 0.29) is 11.1 Å². The summed E-state index contributed by atoms with van der Waals surface area (Å²) in [6.45, 7) is 19.7. The molecule has 2 aromatic rings. The molecule has 0 atom stereocenters. The van der Waals surface area contributed by atoms with Crippen LogP contribution in [0.1, 0.15) is 71.2 Å². The van der Waals surface area contributed by atoms with Gasteiger partial charge in [-0.2, -0.15) is 5.10 Å². The summed E-state index contributed by atoms with van der Waals surface area (Å²) in [5.41, 5.74) is 5.04. The maximum atomic E-state index is 5.84. The van der Waals surface area contributed by atoms with E-state index in [1.54, 1.807) is 0 Å². The van der Waals surface area contributed by atoms with Crippen LogP contribution in [0.4, 0.5) is 0 Å². The van der Waals surface area contributed by atoms with Crippen molar-refractivity contribution in [3.63, 3.8) is 0 Å². The standard InChI is InChI=1S/C23H31N3O/c1-9-16-10-11-17(21-24-23(7,8)14-27-21)12-18(16)19-13-20(15(2)3)26(25-19)22(4,5)6/h9-13,15H,1,14H2,2-8H3. The van der Waals surface area contributed by atoms with Gasteiger partial charge in [0.05, 0.1) is 16.8 Å². The van der Waals surface area contributed by atoms with Gasteiger partial charge in [-0.05, 0) is 64.3 Å². The molecule has 1 aliphatic rings. The van der Waals surface area contributed by atoms with Crippen LogP contribution in [0.5, 0.6) is 0 Å². The zero-order chi connectivity index (χ0) is 20.0. The Hall–Kier alpha value is -2.36. The van der Waals surface area contributed by atoms with Crippen LogP contribution >= 0.6 is 0 Å². The second-order valence-electron chi connectivity index (χ2n) is 9.22. The van der Waals surface area contributed by atoms with Crippen molar-refractivity contribution in [1.29, 1.82) is 0 Å². The van der Waals surface area contributed by atoms with E-state index < -0.39 is 0 Å². The summed E-state index contributed by atoms with van der Waals surface area (Å²) in [5, 5.41) is 4.97. The molecule has 4 nitrogen and oxygen atoms in total. The third-order valence-corrected chi connectivity index (χ3v) is 4.73. The minimum absolute atomic E-state index is 0.0769. The Labute approximate surface area is 163 Å². The maximum absolute atomic E-state index is 5.84. The van der Waals surface area contributed by atoms with Crippen LogP contribution in [0, 0.1) is 0 Å². The van der Waals surface area contributed by atoms with E-state index in [0.29, 0.717) is 18.4 Å². The number of ether oxygens (including phenoxy) is 1. The van der Waals surface area contributed by atoms with E-state index in [4.69, 9.17) is 14.8 Å². The van der Waals surface area contributed by atoms with E-state index in [9.17, 15) is 0 Å². The van der Waals surface area contributed by atoms with Gasteiger partial charge in [-0.25, -0.2) is 4.99 Å². The summed E-state index contributed by atoms with van der Waals surface area (Å²) in [6, 6.07) is 8.44. The fraction of sp³-hybridized carbons (Fsp3) is 0.478. The van der Waals surface area contributed by atoms with Crippen LogP contribution in [0.3, 0.4) is 0 Å². The molecule has 0 amide bonds. The largest absolute Gasteiger partial charge is 0.475 e. The molecule has 1 aromatic heterocycles. The van der Waals surface area contributed by atoms with Gasteiger partial charge in [0, 0.05) is 16.8 Å². The Balaban J connectivity index is 2.14. The van der Waals surface area contributed by atoms with E-state index in [1.165, 1.54) is 5.69 Å². The molecule has 0 bridgehead atoms. The van der Waals surface area contributed by atoms with Crippen molar-refractivity contribution in [3.05, 3.63) is 47.7 Å². The van der Waals surface area contributed by atoms with Gasteiger partial charge in [0.15, 0.2) is 0 Å². The molecular weight excluding hydrogens is 334 g/mol. The number of rotatable bonds is 4. The molecule has 4 heteroatoms. The van der Waals surface area contributed by atoms with E-state index in [0.717, 1.165) is 22.4 Å². The lowest BCUT2D eigenvalue weighted by Crippen LogP contribution is -2.25. The van der Waals surface area contributed by atoms with Gasteiger partial charge in [0.1, 0.15) is 6.61 Å². The fourth-order valence-corrected chi connectivity index (χ4v) is 3.30. The Morgan fingerprint density at radius 2 is 1.93 bits per heavy atom. The summed E-state index contributed by atoms with van der Waals surface area (Å²) in [5.74, 6) is 1.10. The average Bonchev–Trinajstić information content (AvgIpc) is 3.17. The molecule has 0 unspecified atom stereocenters. The van der Waals surface area contributed by atoms with Crippen molar-refractivity contribution < 1.29 is 4.74 Å². The van der Waals surface area contributed by atoms with Crippen molar-refractivity contribution >= 4 is 12.0 Å². The highest BCUT2D eigenvalue weighted by molar-refractivity contribution is 5.97. The summed E-state index contributed by atoms with van der Waals surface area (Å²) in [7, 11) is 0. The molecule has 0 fully saturated rings. The lowest BCUT2D eigenvalue weighted by Gasteiger charge is -2.23. The van der Waals surface area contributed by atoms with Gasteiger partial charge in [-0.15, -0.1) is 0 Å². The fourth-order valence-electron chi connectivity index (χ4n) is 3.30. The van der Waals surface area contributed by atoms with Gasteiger partial charge in [0.2, 0.25) is 5.90 Å². The molecule has 144 valence electrons. The molecule has 0 saturated heterocycles. The molecule has 3 rings (SSSR count). The van der Waals surface area contributed by atoms with Gasteiger partial charge < -0.3 is 4.74 Å². The third-order valence-electron chi connectivity index (χ3n) is 4.73. The minimum atomic E-state index is -0.175. The Morgan fingerprint density at radius 3 is 2.41 bits per heavy atom. The van der Waals surface area contributed by atoms with Gasteiger partial charge in [-0.1, -0.05) is 32.6 Å². The van der Waals surface area contributed by atoms with Crippen LogP contribution in [-0.2, 0) is 10.3 Å². The first-order valence-corrected chi connectivity index (χ1v) is 9.62. The normalized spacial score (nSPS) is 16.4. The monoisotopic (exact) mass is 365 g/mol. The van der Waals surface area contributed by atoms with Crippen molar-refractivity contribution in [3.8, 4) is 11.3 Å². The van der Waals surface area contributed by atoms with Crippen LogP contribution in [0.25, 0.3) is 17.3 Å². The Bertz CT molecular complexity index is 895. The molecule has 0 radical (unpaired) electrons. The van der Waals surface area contributed by atoms with E-state index in [2.05, 4.69) is 77.9 Å². The van der Waals surface area contributed by atoms with Crippen LogP contribution < -0.4 is 0 Å². The van der Waals surface area contributed by atoms with Gasteiger partial charge in [0.25, 0.3) is 0 Å². The molecule has 1 aromatic carbocycles. The zero-order valence-corrected chi connectivity index (χ0v) is 17.6. The first-order valence-electron chi connectivity index (χ1n) is 9.62. The SMILES string of the molecule is C=Cc1ccc(C2=NC(C)(C)CO2)cc1-c1cc(C(C)C)n(C(C)(C)C)n1.